The molecule has 3 aromatic rings. The van der Waals surface area contributed by atoms with Crippen molar-refractivity contribution in [2.24, 2.45) is 0 Å². The van der Waals surface area contributed by atoms with E-state index in [1.807, 2.05) is 6.07 Å². The van der Waals surface area contributed by atoms with Crippen molar-refractivity contribution >= 4 is 39.6 Å². The minimum atomic E-state index is -0.587. The Hall–Kier alpha value is -3.48. The quantitative estimate of drug-likeness (QED) is 0.462. The zero-order valence-electron chi connectivity index (χ0n) is 15.4. The van der Waals surface area contributed by atoms with Gasteiger partial charge in [0.05, 0.1) is 39.9 Å². The Morgan fingerprint density at radius 3 is 2.90 bits per heavy atom. The van der Waals surface area contributed by atoms with Crippen LogP contribution < -0.4 is 10.1 Å². The lowest BCUT2D eigenvalue weighted by Gasteiger charge is -2.15. The minimum Gasteiger partial charge on any atom is -0.481 e. The van der Waals surface area contributed by atoms with Gasteiger partial charge in [0, 0.05) is 35.8 Å². The molecule has 0 aliphatic carbocycles. The van der Waals surface area contributed by atoms with Gasteiger partial charge in [-0.15, -0.1) is 0 Å². The molecule has 10 heteroatoms. The van der Waals surface area contributed by atoms with Gasteiger partial charge in [-0.1, -0.05) is 11.6 Å². The van der Waals surface area contributed by atoms with Crippen LogP contribution in [0, 0.1) is 27.3 Å². The van der Waals surface area contributed by atoms with Gasteiger partial charge in [0.15, 0.2) is 5.75 Å². The second-order valence-electron chi connectivity index (χ2n) is 6.61. The summed E-state index contributed by atoms with van der Waals surface area (Å²) < 4.78 is 24.5. The van der Waals surface area contributed by atoms with Gasteiger partial charge in [-0.05, 0) is 18.2 Å². The number of halogens is 2. The number of fused-ring (bicyclic) bond motifs is 1. The predicted octanol–water partition coefficient (Wildman–Crippen LogP) is 4.72. The van der Waals surface area contributed by atoms with E-state index in [-0.39, 0.29) is 28.1 Å². The van der Waals surface area contributed by atoms with Crippen molar-refractivity contribution in [1.29, 1.82) is 5.26 Å². The van der Waals surface area contributed by atoms with Crippen molar-refractivity contribution in [3.63, 3.8) is 0 Å². The van der Waals surface area contributed by atoms with Gasteiger partial charge in [-0.2, -0.15) is 5.26 Å². The highest BCUT2D eigenvalue weighted by molar-refractivity contribution is 6.31. The molecule has 2 aromatic carbocycles. The number of nitrogens with zero attached hydrogens (tertiary/aromatic N) is 3. The highest BCUT2D eigenvalue weighted by atomic mass is 35.5. The van der Waals surface area contributed by atoms with E-state index in [4.69, 9.17) is 21.1 Å². The normalized spacial score (nSPS) is 15.7. The first-order valence-corrected chi connectivity index (χ1v) is 9.32. The zero-order valence-corrected chi connectivity index (χ0v) is 16.1. The van der Waals surface area contributed by atoms with Crippen LogP contribution >= 0.6 is 11.6 Å². The van der Waals surface area contributed by atoms with Gasteiger partial charge in [0.2, 0.25) is 0 Å². The Morgan fingerprint density at radius 1 is 1.40 bits per heavy atom. The molecular weight excluding hydrogens is 415 g/mol. The molecule has 1 fully saturated rings. The van der Waals surface area contributed by atoms with E-state index in [1.54, 1.807) is 0 Å². The third-order valence-electron chi connectivity index (χ3n) is 4.64. The molecule has 0 radical (unpaired) electrons. The van der Waals surface area contributed by atoms with Gasteiger partial charge >= 0.3 is 5.69 Å². The smallest absolute Gasteiger partial charge is 0.311 e. The van der Waals surface area contributed by atoms with Crippen molar-refractivity contribution in [1.82, 2.24) is 4.98 Å². The summed E-state index contributed by atoms with van der Waals surface area (Å²) in [7, 11) is 0. The average Bonchev–Trinajstić information content (AvgIpc) is 3.23. The molecule has 0 saturated carbocycles. The Kier molecular flexibility index (Phi) is 5.35. The second kappa shape index (κ2) is 8.10. The number of aromatic nitrogens is 1. The standard InChI is InChI=1S/C20H14ClFN4O4/c21-15-5-12(1-2-16(15)22)25-20-11(8-23)9-24-17-7-19(30-13-3-4-29-10-13)18(26(27)28)6-14(17)20/h1-2,5-7,9,13H,3-4,10H2,(H,24,25). The molecule has 4 rings (SSSR count). The molecule has 0 spiro atoms. The van der Waals surface area contributed by atoms with Crippen LogP contribution in [0.15, 0.2) is 36.5 Å². The van der Waals surface area contributed by atoms with E-state index in [2.05, 4.69) is 10.3 Å². The summed E-state index contributed by atoms with van der Waals surface area (Å²) in [5.41, 5.74) is 1.01. The number of nitrogens with one attached hydrogen (secondary N) is 1. The van der Waals surface area contributed by atoms with Gasteiger partial charge in [-0.25, -0.2) is 4.39 Å². The van der Waals surface area contributed by atoms with Crippen molar-refractivity contribution in [3.05, 3.63) is 63.0 Å². The Balaban J connectivity index is 1.83. The lowest BCUT2D eigenvalue weighted by Crippen LogP contribution is -2.16. The predicted molar refractivity (Wildman–Crippen MR) is 108 cm³/mol. The second-order valence-corrected chi connectivity index (χ2v) is 7.02. The summed E-state index contributed by atoms with van der Waals surface area (Å²) in [6.07, 6.45) is 1.71. The number of ether oxygens (including phenoxy) is 2. The van der Waals surface area contributed by atoms with Crippen LogP contribution in [0.25, 0.3) is 10.9 Å². The van der Waals surface area contributed by atoms with Gasteiger partial charge in [0.25, 0.3) is 0 Å². The molecule has 152 valence electrons. The molecule has 0 amide bonds. The van der Waals surface area contributed by atoms with Crippen molar-refractivity contribution in [3.8, 4) is 11.8 Å². The summed E-state index contributed by atoms with van der Waals surface area (Å²) in [6.45, 7) is 0.887. The topological polar surface area (TPSA) is 110 Å². The van der Waals surface area contributed by atoms with E-state index >= 15 is 0 Å². The van der Waals surface area contributed by atoms with E-state index < -0.39 is 10.7 Å². The van der Waals surface area contributed by atoms with E-state index in [0.717, 1.165) is 0 Å². The highest BCUT2D eigenvalue weighted by Crippen LogP contribution is 2.38. The number of nitriles is 1. The number of hydrogen-bond acceptors (Lipinski definition) is 7. The van der Waals surface area contributed by atoms with Crippen molar-refractivity contribution in [2.45, 2.75) is 12.5 Å². The molecule has 1 N–H and O–H groups in total. The molecule has 1 aliphatic heterocycles. The average molecular weight is 429 g/mol. The monoisotopic (exact) mass is 428 g/mol. The summed E-state index contributed by atoms with van der Waals surface area (Å²) in [4.78, 5) is 15.4. The lowest BCUT2D eigenvalue weighted by molar-refractivity contribution is -0.385. The van der Waals surface area contributed by atoms with Crippen LogP contribution in [0.1, 0.15) is 12.0 Å². The van der Waals surface area contributed by atoms with Crippen LogP contribution in [0.2, 0.25) is 5.02 Å². The van der Waals surface area contributed by atoms with Crippen LogP contribution in [0.5, 0.6) is 5.75 Å². The number of anilines is 2. The maximum absolute atomic E-state index is 13.5. The molecular formula is C20H14ClFN4O4. The van der Waals surface area contributed by atoms with Gasteiger partial charge < -0.3 is 14.8 Å². The van der Waals surface area contributed by atoms with Crippen molar-refractivity contribution in [2.75, 3.05) is 18.5 Å². The third kappa shape index (κ3) is 3.83. The van der Waals surface area contributed by atoms with Crippen LogP contribution in [0.4, 0.5) is 21.5 Å². The molecule has 1 saturated heterocycles. The number of nitro benzene ring substituents is 1. The first kappa shape index (κ1) is 19.8. The summed E-state index contributed by atoms with van der Waals surface area (Å²) in [5, 5.41) is 24.4. The first-order chi connectivity index (χ1) is 14.5. The molecule has 0 bridgehead atoms. The van der Waals surface area contributed by atoms with Crippen LogP contribution in [0.3, 0.4) is 0 Å². The van der Waals surface area contributed by atoms with Crippen LogP contribution in [-0.2, 0) is 4.74 Å². The fourth-order valence-electron chi connectivity index (χ4n) is 3.17. The van der Waals surface area contributed by atoms with Crippen LogP contribution in [-0.4, -0.2) is 29.2 Å². The Bertz CT molecular complexity index is 1190. The SMILES string of the molecule is N#Cc1cnc2cc(OC3CCOC3)c([N+](=O)[O-])cc2c1Nc1ccc(F)c(Cl)c1. The summed E-state index contributed by atoms with van der Waals surface area (Å²) >= 11 is 5.83. The van der Waals surface area contributed by atoms with E-state index in [9.17, 15) is 19.8 Å². The number of benzene rings is 2. The maximum Gasteiger partial charge on any atom is 0.311 e. The molecule has 8 nitrogen and oxygen atoms in total. The maximum atomic E-state index is 13.5. The summed E-state index contributed by atoms with van der Waals surface area (Å²) in [5.74, 6) is -0.508. The fraction of sp³-hybridized carbons (Fsp3) is 0.200. The molecule has 1 aliphatic rings. The minimum absolute atomic E-state index is 0.0796. The highest BCUT2D eigenvalue weighted by Gasteiger charge is 2.25. The van der Waals surface area contributed by atoms with Gasteiger partial charge in [0.1, 0.15) is 18.0 Å². The number of nitro groups is 1. The zero-order chi connectivity index (χ0) is 21.3. The Morgan fingerprint density at radius 2 is 2.23 bits per heavy atom. The molecule has 1 atom stereocenters. The van der Waals surface area contributed by atoms with E-state index in [1.165, 1.54) is 36.5 Å². The third-order valence-corrected chi connectivity index (χ3v) is 4.93. The van der Waals surface area contributed by atoms with Crippen molar-refractivity contribution < 1.29 is 18.8 Å². The Labute approximate surface area is 174 Å². The number of rotatable bonds is 5. The molecule has 1 unspecified atom stereocenters. The number of hydrogen-bond donors (Lipinski definition) is 1. The molecule has 1 aromatic heterocycles. The first-order valence-electron chi connectivity index (χ1n) is 8.94. The number of pyridine rings is 1. The largest absolute Gasteiger partial charge is 0.481 e. The summed E-state index contributed by atoms with van der Waals surface area (Å²) in [6, 6.07) is 8.76. The fourth-order valence-corrected chi connectivity index (χ4v) is 3.35. The van der Waals surface area contributed by atoms with E-state index in [0.29, 0.717) is 41.9 Å². The van der Waals surface area contributed by atoms with Gasteiger partial charge in [-0.3, -0.25) is 15.1 Å². The lowest BCUT2D eigenvalue weighted by atomic mass is 10.1. The molecule has 2 heterocycles. The molecule has 30 heavy (non-hydrogen) atoms.